The summed E-state index contributed by atoms with van der Waals surface area (Å²) in [7, 11) is 0. The lowest BCUT2D eigenvalue weighted by Crippen LogP contribution is -2.42. The molecule has 4 N–H and O–H groups in total. The summed E-state index contributed by atoms with van der Waals surface area (Å²) in [5, 5.41) is 5.97. The minimum Gasteiger partial charge on any atom is -0.347 e. The van der Waals surface area contributed by atoms with Gasteiger partial charge in [0.05, 0.1) is 10.6 Å². The maximum atomic E-state index is 12.2. The average molecular weight is 362 g/mol. The molecule has 1 rings (SSSR count). The Morgan fingerprint density at radius 1 is 1.30 bits per heavy atom. The zero-order valence-corrected chi connectivity index (χ0v) is 15.3. The smallest absolute Gasteiger partial charge is 0.253 e. The number of rotatable bonds is 7. The first-order valence-corrected chi connectivity index (χ1v) is 7.79. The topological polar surface area (TPSA) is 84.2 Å². The van der Waals surface area contributed by atoms with Crippen molar-refractivity contribution in [2.75, 3.05) is 11.9 Å². The van der Waals surface area contributed by atoms with Gasteiger partial charge >= 0.3 is 0 Å². The fourth-order valence-electron chi connectivity index (χ4n) is 1.73. The molecule has 0 aliphatic heterocycles. The molecule has 0 aliphatic rings. The van der Waals surface area contributed by atoms with Crippen LogP contribution >= 0.6 is 24.0 Å². The molecule has 0 saturated carbocycles. The Hall–Kier alpha value is -1.30. The van der Waals surface area contributed by atoms with Crippen LogP contribution in [0.3, 0.4) is 0 Å². The van der Waals surface area contributed by atoms with Crippen molar-refractivity contribution in [2.24, 2.45) is 5.73 Å². The molecule has 0 spiro atoms. The summed E-state index contributed by atoms with van der Waals surface area (Å²) in [5.74, 6) is -0.344. The molecule has 0 aromatic heterocycles. The van der Waals surface area contributed by atoms with Crippen molar-refractivity contribution in [3.63, 3.8) is 0 Å². The van der Waals surface area contributed by atoms with E-state index in [2.05, 4.69) is 10.6 Å². The predicted molar refractivity (Wildman–Crippen MR) is 97.5 cm³/mol. The van der Waals surface area contributed by atoms with E-state index >= 15 is 0 Å². The predicted octanol–water partition coefficient (Wildman–Crippen LogP) is 3.36. The molecule has 0 unspecified atom stereocenters. The van der Waals surface area contributed by atoms with Crippen molar-refractivity contribution in [2.45, 2.75) is 45.6 Å². The number of nitrogens with two attached hydrogens (primary N) is 1. The Bertz CT molecular complexity index is 548. The molecule has 5 nitrogen and oxygen atoms in total. The van der Waals surface area contributed by atoms with Crippen LogP contribution in [-0.4, -0.2) is 23.9 Å². The number of halogens is 2. The van der Waals surface area contributed by atoms with E-state index in [-0.39, 0.29) is 29.8 Å². The Morgan fingerprint density at radius 3 is 2.48 bits per heavy atom. The molecule has 0 saturated heterocycles. The Kier molecular flexibility index (Phi) is 9.20. The molecule has 2 amide bonds. The number of carbonyl (C=O) groups excluding carboxylic acids is 2. The number of nitrogens with one attached hydrogen (secondary N) is 2. The number of hydrogen-bond acceptors (Lipinski definition) is 3. The van der Waals surface area contributed by atoms with Gasteiger partial charge in [-0.15, -0.1) is 12.4 Å². The lowest BCUT2D eigenvalue weighted by Gasteiger charge is -2.24. The molecule has 23 heavy (non-hydrogen) atoms. The quantitative estimate of drug-likeness (QED) is 0.695. The molecular weight excluding hydrogens is 337 g/mol. The zero-order chi connectivity index (χ0) is 16.8. The molecule has 0 radical (unpaired) electrons. The van der Waals surface area contributed by atoms with Gasteiger partial charge in [0.15, 0.2) is 0 Å². The van der Waals surface area contributed by atoms with Gasteiger partial charge in [0.1, 0.15) is 0 Å². The summed E-state index contributed by atoms with van der Waals surface area (Å²) in [6.45, 7) is 6.37. The van der Waals surface area contributed by atoms with Crippen LogP contribution in [0.5, 0.6) is 0 Å². The Balaban J connectivity index is 0.00000484. The van der Waals surface area contributed by atoms with Gasteiger partial charge in [-0.25, -0.2) is 0 Å². The molecule has 1 aromatic rings. The van der Waals surface area contributed by atoms with E-state index < -0.39 is 0 Å². The van der Waals surface area contributed by atoms with Crippen molar-refractivity contribution in [1.29, 1.82) is 0 Å². The molecule has 0 aliphatic carbocycles. The third-order valence-electron chi connectivity index (χ3n) is 3.44. The Morgan fingerprint density at radius 2 is 1.96 bits per heavy atom. The van der Waals surface area contributed by atoms with Crippen LogP contribution in [0.1, 0.15) is 50.4 Å². The fraction of sp³-hybridized carbons (Fsp3) is 0.500. The lowest BCUT2D eigenvalue weighted by molar-refractivity contribution is -0.116. The van der Waals surface area contributed by atoms with Crippen LogP contribution in [0.2, 0.25) is 5.02 Å². The first-order chi connectivity index (χ1) is 10.3. The number of anilines is 1. The van der Waals surface area contributed by atoms with Crippen LogP contribution in [-0.2, 0) is 4.79 Å². The van der Waals surface area contributed by atoms with Crippen molar-refractivity contribution in [3.8, 4) is 0 Å². The van der Waals surface area contributed by atoms with Gasteiger partial charge in [0.2, 0.25) is 5.91 Å². The maximum absolute atomic E-state index is 12.2. The van der Waals surface area contributed by atoms with Gasteiger partial charge < -0.3 is 16.4 Å². The van der Waals surface area contributed by atoms with E-state index in [1.54, 1.807) is 18.2 Å². The van der Waals surface area contributed by atoms with E-state index in [1.807, 2.05) is 20.8 Å². The number of amides is 2. The van der Waals surface area contributed by atoms with E-state index in [4.69, 9.17) is 17.3 Å². The standard InChI is InChI=1S/C16H24ClN3O2.ClH/c1-4-16(2,3)20-15(22)12-8-7-11(10-13(12)17)19-14(21)6-5-9-18;/h7-8,10H,4-6,9,18H2,1-3H3,(H,19,21)(H,20,22);1H. The van der Waals surface area contributed by atoms with Gasteiger partial charge in [-0.05, 0) is 51.4 Å². The van der Waals surface area contributed by atoms with Gasteiger partial charge in [-0.2, -0.15) is 0 Å². The highest BCUT2D eigenvalue weighted by atomic mass is 35.5. The SMILES string of the molecule is CCC(C)(C)NC(=O)c1ccc(NC(=O)CCCN)cc1Cl.Cl. The summed E-state index contributed by atoms with van der Waals surface area (Å²) < 4.78 is 0. The van der Waals surface area contributed by atoms with Gasteiger partial charge in [-0.3, -0.25) is 9.59 Å². The van der Waals surface area contributed by atoms with E-state index in [0.29, 0.717) is 35.7 Å². The summed E-state index contributed by atoms with van der Waals surface area (Å²) in [6.07, 6.45) is 1.80. The molecule has 7 heteroatoms. The van der Waals surface area contributed by atoms with E-state index in [0.717, 1.165) is 6.42 Å². The molecule has 0 fully saturated rings. The third-order valence-corrected chi connectivity index (χ3v) is 3.75. The molecule has 0 heterocycles. The number of benzene rings is 1. The van der Waals surface area contributed by atoms with Crippen molar-refractivity contribution in [3.05, 3.63) is 28.8 Å². The first kappa shape index (κ1) is 21.7. The maximum Gasteiger partial charge on any atom is 0.253 e. The van der Waals surface area contributed by atoms with Gasteiger partial charge in [0, 0.05) is 17.6 Å². The monoisotopic (exact) mass is 361 g/mol. The van der Waals surface area contributed by atoms with Crippen molar-refractivity contribution in [1.82, 2.24) is 5.32 Å². The van der Waals surface area contributed by atoms with Crippen LogP contribution < -0.4 is 16.4 Å². The van der Waals surface area contributed by atoms with Crippen molar-refractivity contribution >= 4 is 41.5 Å². The molecule has 1 aromatic carbocycles. The molecule has 130 valence electrons. The summed E-state index contributed by atoms with van der Waals surface area (Å²) in [4.78, 5) is 23.9. The first-order valence-electron chi connectivity index (χ1n) is 7.41. The molecular formula is C16H25Cl2N3O2. The summed E-state index contributed by atoms with van der Waals surface area (Å²) >= 11 is 6.15. The van der Waals surface area contributed by atoms with Crippen LogP contribution in [0.15, 0.2) is 18.2 Å². The number of carbonyl (C=O) groups is 2. The third kappa shape index (κ3) is 7.20. The molecule has 0 atom stereocenters. The Labute approximate surface area is 148 Å². The molecule has 0 bridgehead atoms. The normalized spacial score (nSPS) is 10.7. The van der Waals surface area contributed by atoms with Gasteiger partial charge in [-0.1, -0.05) is 18.5 Å². The minimum atomic E-state index is -0.296. The van der Waals surface area contributed by atoms with Crippen LogP contribution in [0.4, 0.5) is 5.69 Å². The summed E-state index contributed by atoms with van der Waals surface area (Å²) in [5.41, 5.74) is 6.03. The lowest BCUT2D eigenvalue weighted by atomic mass is 10.0. The fourth-order valence-corrected chi connectivity index (χ4v) is 1.99. The number of hydrogen-bond donors (Lipinski definition) is 3. The minimum absolute atomic E-state index is 0. The largest absolute Gasteiger partial charge is 0.347 e. The second kappa shape index (κ2) is 9.75. The van der Waals surface area contributed by atoms with Crippen LogP contribution in [0, 0.1) is 0 Å². The highest BCUT2D eigenvalue weighted by molar-refractivity contribution is 6.34. The zero-order valence-electron chi connectivity index (χ0n) is 13.7. The second-order valence-electron chi connectivity index (χ2n) is 5.83. The van der Waals surface area contributed by atoms with E-state index in [1.165, 1.54) is 0 Å². The highest BCUT2D eigenvalue weighted by Gasteiger charge is 2.20. The second-order valence-corrected chi connectivity index (χ2v) is 6.23. The average Bonchev–Trinajstić information content (AvgIpc) is 2.44. The van der Waals surface area contributed by atoms with Crippen LogP contribution in [0.25, 0.3) is 0 Å². The van der Waals surface area contributed by atoms with Gasteiger partial charge in [0.25, 0.3) is 5.91 Å². The summed E-state index contributed by atoms with van der Waals surface area (Å²) in [6, 6.07) is 4.86. The van der Waals surface area contributed by atoms with Crippen molar-refractivity contribution < 1.29 is 9.59 Å². The van der Waals surface area contributed by atoms with E-state index in [9.17, 15) is 9.59 Å². The highest BCUT2D eigenvalue weighted by Crippen LogP contribution is 2.22.